The zero-order valence-electron chi connectivity index (χ0n) is 21.7. The molecule has 0 amide bonds. The van der Waals surface area contributed by atoms with Crippen LogP contribution in [0.5, 0.6) is 0 Å². The average Bonchev–Trinajstić information content (AvgIpc) is 3.71. The van der Waals surface area contributed by atoms with Crippen molar-refractivity contribution in [2.24, 2.45) is 0 Å². The minimum Gasteiger partial charge on any atom is -0.353 e. The minimum absolute atomic E-state index is 0.877. The summed E-state index contributed by atoms with van der Waals surface area (Å²) in [6, 6.07) is 34.4. The third kappa shape index (κ3) is 2.59. The van der Waals surface area contributed by atoms with Crippen LogP contribution in [-0.2, 0) is 0 Å². The van der Waals surface area contributed by atoms with E-state index < -0.39 is 0 Å². The number of rotatable bonds is 1. The number of hydrogen-bond acceptors (Lipinski definition) is 3. The highest BCUT2D eigenvalue weighted by Crippen LogP contribution is 2.42. The molecule has 0 atom stereocenters. The summed E-state index contributed by atoms with van der Waals surface area (Å²) in [5.74, 6) is 0. The molecule has 0 bridgehead atoms. The maximum absolute atomic E-state index is 5.05. The van der Waals surface area contributed by atoms with Gasteiger partial charge in [0.25, 0.3) is 0 Å². The SMILES string of the molecule is c1ccc(-n2c3ccccc3c3c4[nH]c5c(ccc6c5c5cccnc5n5c7cnccc7nc65)c4ccc32)cc1. The fourth-order valence-electron chi connectivity index (χ4n) is 6.91. The Bertz CT molecular complexity index is 2690. The van der Waals surface area contributed by atoms with Crippen LogP contribution in [0.15, 0.2) is 116 Å². The number of imidazole rings is 1. The van der Waals surface area contributed by atoms with Gasteiger partial charge < -0.3 is 9.55 Å². The second-order valence-electron chi connectivity index (χ2n) is 10.6. The van der Waals surface area contributed by atoms with Gasteiger partial charge in [-0.05, 0) is 48.5 Å². The Hall–Kier alpha value is -5.75. The van der Waals surface area contributed by atoms with Gasteiger partial charge in [-0.1, -0.05) is 48.5 Å². The second kappa shape index (κ2) is 7.46. The van der Waals surface area contributed by atoms with Gasteiger partial charge in [-0.15, -0.1) is 0 Å². The molecule has 0 aliphatic carbocycles. The molecule has 0 radical (unpaired) electrons. The average molecular weight is 525 g/mol. The molecule has 0 aliphatic heterocycles. The predicted molar refractivity (Wildman–Crippen MR) is 167 cm³/mol. The maximum atomic E-state index is 5.05. The molecule has 10 rings (SSSR count). The van der Waals surface area contributed by atoms with Gasteiger partial charge in [0.15, 0.2) is 0 Å². The lowest BCUT2D eigenvalue weighted by molar-refractivity contribution is 1.18. The van der Waals surface area contributed by atoms with E-state index in [1.54, 1.807) is 6.20 Å². The molecule has 6 heterocycles. The molecule has 0 aliphatic rings. The Morgan fingerprint density at radius 1 is 0.537 bits per heavy atom. The van der Waals surface area contributed by atoms with Crippen LogP contribution >= 0.6 is 0 Å². The molecule has 6 aromatic heterocycles. The molecule has 0 fully saturated rings. The molecular weight excluding hydrogens is 504 g/mol. The zero-order chi connectivity index (χ0) is 26.7. The highest BCUT2D eigenvalue weighted by molar-refractivity contribution is 6.31. The van der Waals surface area contributed by atoms with E-state index in [-0.39, 0.29) is 0 Å². The van der Waals surface area contributed by atoms with Crippen molar-refractivity contribution in [2.75, 3.05) is 0 Å². The van der Waals surface area contributed by atoms with Gasteiger partial charge in [0, 0.05) is 55.8 Å². The van der Waals surface area contributed by atoms with Gasteiger partial charge in [0.2, 0.25) is 0 Å². The predicted octanol–water partition coefficient (Wildman–Crippen LogP) is 8.32. The van der Waals surface area contributed by atoms with Crippen LogP contribution < -0.4 is 0 Å². The summed E-state index contributed by atoms with van der Waals surface area (Å²) in [6.07, 6.45) is 5.51. The summed E-state index contributed by atoms with van der Waals surface area (Å²) in [5, 5.41) is 8.17. The smallest absolute Gasteiger partial charge is 0.147 e. The molecule has 41 heavy (non-hydrogen) atoms. The van der Waals surface area contributed by atoms with E-state index >= 15 is 0 Å². The largest absolute Gasteiger partial charge is 0.353 e. The molecule has 1 N–H and O–H groups in total. The van der Waals surface area contributed by atoms with Crippen LogP contribution in [0.25, 0.3) is 87.8 Å². The summed E-state index contributed by atoms with van der Waals surface area (Å²) in [5.41, 5.74) is 9.41. The highest BCUT2D eigenvalue weighted by atomic mass is 15.1. The third-order valence-corrected chi connectivity index (χ3v) is 8.56. The van der Waals surface area contributed by atoms with E-state index in [0.717, 1.165) is 55.2 Å². The Morgan fingerprint density at radius 2 is 1.29 bits per heavy atom. The number of nitrogens with zero attached hydrogens (tertiary/aromatic N) is 5. The first-order chi connectivity index (χ1) is 20.4. The third-order valence-electron chi connectivity index (χ3n) is 8.56. The van der Waals surface area contributed by atoms with Crippen molar-refractivity contribution in [3.05, 3.63) is 116 Å². The number of H-pyrrole nitrogens is 1. The first kappa shape index (κ1) is 21.1. The van der Waals surface area contributed by atoms with Crippen molar-refractivity contribution < 1.29 is 0 Å². The lowest BCUT2D eigenvalue weighted by atomic mass is 10.0. The van der Waals surface area contributed by atoms with Crippen molar-refractivity contribution in [1.82, 2.24) is 28.9 Å². The van der Waals surface area contributed by atoms with Crippen molar-refractivity contribution in [2.45, 2.75) is 0 Å². The summed E-state index contributed by atoms with van der Waals surface area (Å²) < 4.78 is 4.50. The quantitative estimate of drug-likeness (QED) is 0.220. The Morgan fingerprint density at radius 3 is 2.22 bits per heavy atom. The number of hydrogen-bond donors (Lipinski definition) is 1. The minimum atomic E-state index is 0.877. The molecule has 0 spiro atoms. The standard InChI is InChI=1S/C35H20N6/c1-2-7-20(8-3-1)40-27-11-5-4-9-23(27)31-28(40)15-14-22-21-12-13-25-30(32(21)39-33(22)31)24-10-6-17-37-34(24)41-29-19-36-18-16-26(29)38-35(25)41/h1-19,39H. The van der Waals surface area contributed by atoms with Crippen LogP contribution in [0.2, 0.25) is 0 Å². The lowest BCUT2D eigenvalue weighted by Crippen LogP contribution is -1.94. The molecule has 6 nitrogen and oxygen atoms in total. The molecule has 4 aromatic carbocycles. The molecule has 190 valence electrons. The molecule has 0 saturated heterocycles. The summed E-state index contributed by atoms with van der Waals surface area (Å²) in [4.78, 5) is 18.2. The first-order valence-corrected chi connectivity index (χ1v) is 13.7. The topological polar surface area (TPSA) is 63.8 Å². The van der Waals surface area contributed by atoms with Crippen molar-refractivity contribution in [3.8, 4) is 5.69 Å². The molecule has 6 heteroatoms. The first-order valence-electron chi connectivity index (χ1n) is 13.7. The van der Waals surface area contributed by atoms with E-state index in [1.165, 1.54) is 32.6 Å². The normalized spacial score (nSPS) is 12.4. The fourth-order valence-corrected chi connectivity index (χ4v) is 6.91. The van der Waals surface area contributed by atoms with Gasteiger partial charge in [-0.2, -0.15) is 0 Å². The second-order valence-corrected chi connectivity index (χ2v) is 10.6. The van der Waals surface area contributed by atoms with Gasteiger partial charge in [0.1, 0.15) is 11.3 Å². The van der Waals surface area contributed by atoms with Gasteiger partial charge in [-0.25, -0.2) is 9.97 Å². The highest BCUT2D eigenvalue weighted by Gasteiger charge is 2.21. The van der Waals surface area contributed by atoms with E-state index in [0.29, 0.717) is 0 Å². The number of nitrogens with one attached hydrogen (secondary N) is 1. The number of fused-ring (bicyclic) bond motifs is 16. The number of para-hydroxylation sites is 2. The summed E-state index contributed by atoms with van der Waals surface area (Å²) >= 11 is 0. The number of benzene rings is 4. The van der Waals surface area contributed by atoms with Crippen LogP contribution in [0.4, 0.5) is 0 Å². The van der Waals surface area contributed by atoms with E-state index in [2.05, 4.69) is 104 Å². The van der Waals surface area contributed by atoms with Gasteiger partial charge >= 0.3 is 0 Å². The summed E-state index contributed by atoms with van der Waals surface area (Å²) in [6.45, 7) is 0. The van der Waals surface area contributed by atoms with Crippen LogP contribution in [0.1, 0.15) is 0 Å². The summed E-state index contributed by atoms with van der Waals surface area (Å²) in [7, 11) is 0. The van der Waals surface area contributed by atoms with Crippen molar-refractivity contribution in [1.29, 1.82) is 0 Å². The molecular formula is C35H20N6. The Labute approximate surface area is 232 Å². The van der Waals surface area contributed by atoms with E-state index in [4.69, 9.17) is 9.97 Å². The van der Waals surface area contributed by atoms with E-state index in [1.807, 2.05) is 24.5 Å². The number of pyridine rings is 3. The lowest BCUT2D eigenvalue weighted by Gasteiger charge is -2.09. The van der Waals surface area contributed by atoms with Crippen LogP contribution in [-0.4, -0.2) is 28.9 Å². The van der Waals surface area contributed by atoms with Gasteiger partial charge in [0.05, 0.1) is 39.3 Å². The molecule has 0 unspecified atom stereocenters. The van der Waals surface area contributed by atoms with Crippen LogP contribution in [0, 0.1) is 0 Å². The van der Waals surface area contributed by atoms with Crippen molar-refractivity contribution >= 4 is 82.1 Å². The number of aromatic nitrogens is 6. The molecule has 10 aromatic rings. The van der Waals surface area contributed by atoms with E-state index in [9.17, 15) is 0 Å². The maximum Gasteiger partial charge on any atom is 0.147 e. The fraction of sp³-hybridized carbons (Fsp3) is 0. The zero-order valence-corrected chi connectivity index (χ0v) is 21.7. The Balaban J connectivity index is 1.43. The monoisotopic (exact) mass is 524 g/mol. The number of aromatic amines is 1. The van der Waals surface area contributed by atoms with Gasteiger partial charge in [-0.3, -0.25) is 9.38 Å². The van der Waals surface area contributed by atoms with Crippen LogP contribution in [0.3, 0.4) is 0 Å². The Kier molecular flexibility index (Phi) is 3.84. The molecule has 0 saturated carbocycles. The van der Waals surface area contributed by atoms with Crippen molar-refractivity contribution in [3.63, 3.8) is 0 Å².